The van der Waals surface area contributed by atoms with Crippen LogP contribution in [-0.2, 0) is 0 Å². The molecule has 0 aromatic heterocycles. The molecule has 0 saturated carbocycles. The van der Waals surface area contributed by atoms with Crippen LogP contribution in [0.5, 0.6) is 0 Å². The van der Waals surface area contributed by atoms with E-state index < -0.39 is 0 Å². The van der Waals surface area contributed by atoms with Crippen molar-refractivity contribution in [1.82, 2.24) is 0 Å². The fraction of sp³-hybridized carbons (Fsp3) is 0.800. The van der Waals surface area contributed by atoms with E-state index in [0.717, 1.165) is 0 Å². The molecule has 0 aliphatic carbocycles. The van der Waals surface area contributed by atoms with Crippen LogP contribution >= 0.6 is 0 Å². The third-order valence-corrected chi connectivity index (χ3v) is 0.637. The second-order valence-electron chi connectivity index (χ2n) is 2.62. The van der Waals surface area contributed by atoms with E-state index in [2.05, 4.69) is 21.0 Å². The topological polar surface area (TPSA) is 38.4 Å². The Hall–Kier alpha value is -0.0105. The van der Waals surface area contributed by atoms with E-state index in [1.165, 1.54) is 0 Å². The zero-order valence-electron chi connectivity index (χ0n) is 5.43. The molecule has 0 aromatic carbocycles. The molecule has 0 aromatic rings. The number of hydrogen-bond acceptors (Lipinski definition) is 1. The van der Waals surface area contributed by atoms with Gasteiger partial charge in [0, 0.05) is 0 Å². The molecule has 8 heavy (non-hydrogen) atoms. The zero-order chi connectivity index (χ0) is 6.78. The van der Waals surface area contributed by atoms with Gasteiger partial charge in [-0.25, -0.2) is 0 Å². The van der Waals surface area contributed by atoms with Crippen molar-refractivity contribution in [2.45, 2.75) is 26.3 Å². The first-order chi connectivity index (χ1) is 3.42. The van der Waals surface area contributed by atoms with Gasteiger partial charge in [-0.05, 0) is 0 Å². The van der Waals surface area contributed by atoms with Gasteiger partial charge in [-0.2, -0.15) is 0 Å². The number of rotatable bonds is 0. The van der Waals surface area contributed by atoms with Crippen LogP contribution in [0, 0.1) is 0 Å². The quantitative estimate of drug-likeness (QED) is 0.322. The van der Waals surface area contributed by atoms with Gasteiger partial charge in [-0.3, -0.25) is 0 Å². The molecule has 0 spiro atoms. The van der Waals surface area contributed by atoms with Gasteiger partial charge < -0.3 is 0 Å². The molecule has 0 amide bonds. The summed E-state index contributed by atoms with van der Waals surface area (Å²) in [5.41, 5.74) is 5.23. The van der Waals surface area contributed by atoms with Gasteiger partial charge in [0.1, 0.15) is 0 Å². The zero-order valence-corrected chi connectivity index (χ0v) is 7.15. The van der Waals surface area contributed by atoms with Crippen LogP contribution in [-0.4, -0.2) is 26.3 Å². The van der Waals surface area contributed by atoms with E-state index in [1.807, 2.05) is 20.8 Å². The molecular formula is C5H11N2Se. The van der Waals surface area contributed by atoms with E-state index in [9.17, 15) is 0 Å². The predicted molar refractivity (Wildman–Crippen MR) is 37.1 cm³/mol. The molecule has 3 heteroatoms. The SMILES string of the molecule is CC(C)(C)N=C(N)[Se]. The summed E-state index contributed by atoms with van der Waals surface area (Å²) in [7, 11) is 0. The first-order valence-electron chi connectivity index (χ1n) is 2.44. The van der Waals surface area contributed by atoms with E-state index in [4.69, 9.17) is 5.73 Å². The summed E-state index contributed by atoms with van der Waals surface area (Å²) >= 11 is 2.62. The summed E-state index contributed by atoms with van der Waals surface area (Å²) < 4.78 is 0.525. The van der Waals surface area contributed by atoms with Gasteiger partial charge in [0.25, 0.3) is 0 Å². The molecule has 2 nitrogen and oxygen atoms in total. The summed E-state index contributed by atoms with van der Waals surface area (Å²) in [6.07, 6.45) is 0. The Balaban J connectivity index is 3.89. The molecule has 0 heterocycles. The molecule has 0 aliphatic heterocycles. The monoisotopic (exact) mass is 179 g/mol. The van der Waals surface area contributed by atoms with Crippen LogP contribution in [0.25, 0.3) is 0 Å². The first-order valence-corrected chi connectivity index (χ1v) is 3.30. The number of aliphatic imine (C=N–C) groups is 1. The van der Waals surface area contributed by atoms with Crippen molar-refractivity contribution in [3.8, 4) is 0 Å². The van der Waals surface area contributed by atoms with E-state index in [1.54, 1.807) is 0 Å². The molecule has 2 N–H and O–H groups in total. The third kappa shape index (κ3) is 5.99. The van der Waals surface area contributed by atoms with Gasteiger partial charge in [-0.15, -0.1) is 0 Å². The average Bonchev–Trinajstić information content (AvgIpc) is 1.21. The molecule has 1 radical (unpaired) electrons. The summed E-state index contributed by atoms with van der Waals surface area (Å²) in [6, 6.07) is 0. The maximum absolute atomic E-state index is 5.27. The van der Waals surface area contributed by atoms with Crippen molar-refractivity contribution in [3.05, 3.63) is 0 Å². The van der Waals surface area contributed by atoms with Gasteiger partial charge in [0.05, 0.1) is 0 Å². The minimum atomic E-state index is -0.0463. The van der Waals surface area contributed by atoms with E-state index >= 15 is 0 Å². The fourth-order valence-corrected chi connectivity index (χ4v) is 0.905. The van der Waals surface area contributed by atoms with Crippen molar-refractivity contribution in [3.63, 3.8) is 0 Å². The summed E-state index contributed by atoms with van der Waals surface area (Å²) in [5, 5.41) is 0. The van der Waals surface area contributed by atoms with E-state index in [-0.39, 0.29) is 5.54 Å². The van der Waals surface area contributed by atoms with Crippen LogP contribution in [0.15, 0.2) is 4.99 Å². The van der Waals surface area contributed by atoms with Crippen molar-refractivity contribution >= 4 is 20.7 Å². The second-order valence-corrected chi connectivity index (χ2v) is 3.50. The Morgan fingerprint density at radius 1 is 1.50 bits per heavy atom. The number of nitrogens with zero attached hydrogens (tertiary/aromatic N) is 1. The van der Waals surface area contributed by atoms with Crippen LogP contribution in [0.3, 0.4) is 0 Å². The number of nitrogens with two attached hydrogens (primary N) is 1. The van der Waals surface area contributed by atoms with Gasteiger partial charge in [0.15, 0.2) is 0 Å². The Morgan fingerprint density at radius 3 is 1.88 bits per heavy atom. The summed E-state index contributed by atoms with van der Waals surface area (Å²) in [5.74, 6) is 0. The van der Waals surface area contributed by atoms with E-state index in [0.29, 0.717) is 4.73 Å². The summed E-state index contributed by atoms with van der Waals surface area (Å²) in [6.45, 7) is 5.99. The molecule has 0 unspecified atom stereocenters. The number of amidine groups is 1. The molecule has 0 saturated heterocycles. The Labute approximate surface area is 58.4 Å². The maximum atomic E-state index is 5.27. The first kappa shape index (κ1) is 7.99. The molecule has 0 aliphatic rings. The molecular weight excluding hydrogens is 167 g/mol. The molecule has 0 bridgehead atoms. The van der Waals surface area contributed by atoms with Crippen molar-refractivity contribution in [1.29, 1.82) is 0 Å². The predicted octanol–water partition coefficient (Wildman–Crippen LogP) is 0.268. The standard InChI is InChI=1S/C5H11N2Se/c1-5(2,3)7-4(6)8/h1-3H3,(H2,6,7). The van der Waals surface area contributed by atoms with Crippen LogP contribution in [0.2, 0.25) is 0 Å². The van der Waals surface area contributed by atoms with Crippen molar-refractivity contribution < 1.29 is 0 Å². The molecule has 0 atom stereocenters. The Kier molecular flexibility index (Phi) is 2.51. The van der Waals surface area contributed by atoms with Crippen molar-refractivity contribution in [2.75, 3.05) is 0 Å². The molecule has 0 fully saturated rings. The van der Waals surface area contributed by atoms with Crippen LogP contribution < -0.4 is 5.73 Å². The number of hydrogen-bond donors (Lipinski definition) is 1. The normalized spacial score (nSPS) is 14.1. The Morgan fingerprint density at radius 2 is 1.88 bits per heavy atom. The fourth-order valence-electron chi connectivity index (χ4n) is 0.331. The van der Waals surface area contributed by atoms with Gasteiger partial charge in [-0.1, -0.05) is 0 Å². The second kappa shape index (κ2) is 2.51. The minimum absolute atomic E-state index is 0.0463. The molecule has 47 valence electrons. The summed E-state index contributed by atoms with van der Waals surface area (Å²) in [4.78, 5) is 4.05. The van der Waals surface area contributed by atoms with Crippen LogP contribution in [0.4, 0.5) is 0 Å². The van der Waals surface area contributed by atoms with Crippen LogP contribution in [0.1, 0.15) is 20.8 Å². The molecule has 0 rings (SSSR count). The third-order valence-electron chi connectivity index (χ3n) is 0.446. The van der Waals surface area contributed by atoms with Gasteiger partial charge >= 0.3 is 57.8 Å². The van der Waals surface area contributed by atoms with Gasteiger partial charge in [0.2, 0.25) is 0 Å². The van der Waals surface area contributed by atoms with Crippen molar-refractivity contribution in [2.24, 2.45) is 10.7 Å². The average molecular weight is 178 g/mol. The Bertz CT molecular complexity index is 97.5.